The minimum Gasteiger partial charge on any atom is -0.486 e. The van der Waals surface area contributed by atoms with Crippen molar-refractivity contribution in [2.45, 2.75) is 38.7 Å². The highest BCUT2D eigenvalue weighted by Gasteiger charge is 2.22. The van der Waals surface area contributed by atoms with Crippen LogP contribution in [0.25, 0.3) is 0 Å². The van der Waals surface area contributed by atoms with E-state index in [4.69, 9.17) is 9.15 Å². The summed E-state index contributed by atoms with van der Waals surface area (Å²) in [4.78, 5) is 24.1. The van der Waals surface area contributed by atoms with E-state index in [2.05, 4.69) is 10.9 Å². The molecule has 3 rings (SSSR count). The van der Waals surface area contributed by atoms with E-state index in [0.29, 0.717) is 5.76 Å². The number of amides is 2. The number of carbonyl (C=O) groups is 2. The number of hydrogen-bond donors (Lipinski definition) is 2. The van der Waals surface area contributed by atoms with Gasteiger partial charge < -0.3 is 9.15 Å². The van der Waals surface area contributed by atoms with Gasteiger partial charge >= 0.3 is 5.91 Å². The third-order valence-corrected chi connectivity index (χ3v) is 4.28. The predicted molar refractivity (Wildman–Crippen MR) is 91.7 cm³/mol. The summed E-state index contributed by atoms with van der Waals surface area (Å²) in [7, 11) is 0. The van der Waals surface area contributed by atoms with Crippen molar-refractivity contribution in [2.24, 2.45) is 5.92 Å². The zero-order valence-electron chi connectivity index (χ0n) is 14.0. The summed E-state index contributed by atoms with van der Waals surface area (Å²) in [6, 6.07) is 12.6. The molecule has 2 amide bonds. The fourth-order valence-electron chi connectivity index (χ4n) is 2.90. The lowest BCUT2D eigenvalue weighted by atomic mass is 9.89. The van der Waals surface area contributed by atoms with Crippen molar-refractivity contribution < 1.29 is 18.7 Å². The Morgan fingerprint density at radius 3 is 2.52 bits per heavy atom. The van der Waals surface area contributed by atoms with E-state index in [9.17, 15) is 9.59 Å². The Hall–Kier alpha value is -2.76. The maximum Gasteiger partial charge on any atom is 0.305 e. The van der Waals surface area contributed by atoms with E-state index in [1.165, 1.54) is 6.42 Å². The first kappa shape index (κ1) is 17.1. The average molecular weight is 342 g/mol. The molecule has 1 heterocycles. The van der Waals surface area contributed by atoms with Crippen LogP contribution in [0.4, 0.5) is 0 Å². The van der Waals surface area contributed by atoms with Gasteiger partial charge in [-0.3, -0.25) is 20.4 Å². The topological polar surface area (TPSA) is 80.6 Å². The first-order chi connectivity index (χ1) is 12.2. The maximum atomic E-state index is 12.1. The Morgan fingerprint density at radius 1 is 1.00 bits per heavy atom. The maximum absolute atomic E-state index is 12.1. The van der Waals surface area contributed by atoms with Gasteiger partial charge in [0.1, 0.15) is 18.1 Å². The van der Waals surface area contributed by atoms with Crippen LogP contribution in [-0.4, -0.2) is 11.8 Å². The van der Waals surface area contributed by atoms with Gasteiger partial charge in [-0.1, -0.05) is 37.5 Å². The number of hydrazine groups is 1. The van der Waals surface area contributed by atoms with Crippen LogP contribution in [0.3, 0.4) is 0 Å². The number of furan rings is 1. The fraction of sp³-hybridized carbons (Fsp3) is 0.368. The molecule has 1 aromatic carbocycles. The van der Waals surface area contributed by atoms with Gasteiger partial charge in [-0.15, -0.1) is 0 Å². The van der Waals surface area contributed by atoms with Crippen molar-refractivity contribution in [2.75, 3.05) is 0 Å². The second kappa shape index (κ2) is 8.37. The molecule has 0 bridgehead atoms. The van der Waals surface area contributed by atoms with Gasteiger partial charge in [0.05, 0.1) is 0 Å². The highest BCUT2D eigenvalue weighted by molar-refractivity contribution is 5.93. The van der Waals surface area contributed by atoms with Crippen LogP contribution >= 0.6 is 0 Å². The zero-order valence-corrected chi connectivity index (χ0v) is 14.0. The molecule has 2 aromatic rings. The van der Waals surface area contributed by atoms with Gasteiger partial charge in [-0.2, -0.15) is 0 Å². The monoisotopic (exact) mass is 342 g/mol. The van der Waals surface area contributed by atoms with Crippen molar-refractivity contribution in [3.63, 3.8) is 0 Å². The summed E-state index contributed by atoms with van der Waals surface area (Å²) >= 11 is 0. The van der Waals surface area contributed by atoms with E-state index < -0.39 is 5.91 Å². The molecule has 0 unspecified atom stereocenters. The molecule has 0 spiro atoms. The molecule has 1 aliphatic carbocycles. The lowest BCUT2D eigenvalue weighted by molar-refractivity contribution is -0.126. The molecular weight excluding hydrogens is 320 g/mol. The number of nitrogens with one attached hydrogen (secondary N) is 2. The molecule has 25 heavy (non-hydrogen) atoms. The van der Waals surface area contributed by atoms with Crippen molar-refractivity contribution >= 4 is 11.8 Å². The van der Waals surface area contributed by atoms with Gasteiger partial charge in [0.2, 0.25) is 5.91 Å². The SMILES string of the molecule is O=C(NNC(=O)C1CCCCC1)c1ccc(COc2ccccc2)o1. The molecule has 0 atom stereocenters. The first-order valence-electron chi connectivity index (χ1n) is 8.59. The van der Waals surface area contributed by atoms with Crippen LogP contribution in [0.5, 0.6) is 5.75 Å². The van der Waals surface area contributed by atoms with Gasteiger partial charge in [0.15, 0.2) is 5.76 Å². The van der Waals surface area contributed by atoms with Crippen LogP contribution in [0.15, 0.2) is 46.9 Å². The Kier molecular flexibility index (Phi) is 5.72. The van der Waals surface area contributed by atoms with Crippen LogP contribution in [0.2, 0.25) is 0 Å². The molecule has 1 saturated carbocycles. The molecule has 132 valence electrons. The van der Waals surface area contributed by atoms with Crippen molar-refractivity contribution in [3.05, 3.63) is 54.0 Å². The van der Waals surface area contributed by atoms with Gasteiger partial charge in [0.25, 0.3) is 0 Å². The summed E-state index contributed by atoms with van der Waals surface area (Å²) < 4.78 is 11.0. The smallest absolute Gasteiger partial charge is 0.305 e. The van der Waals surface area contributed by atoms with Crippen LogP contribution < -0.4 is 15.6 Å². The molecule has 0 aliphatic heterocycles. The molecule has 0 saturated heterocycles. The number of carbonyl (C=O) groups excluding carboxylic acids is 2. The Morgan fingerprint density at radius 2 is 1.76 bits per heavy atom. The lowest BCUT2D eigenvalue weighted by Gasteiger charge is -2.20. The number of rotatable bonds is 5. The quantitative estimate of drug-likeness (QED) is 0.818. The van der Waals surface area contributed by atoms with Gasteiger partial charge in [-0.25, -0.2) is 0 Å². The summed E-state index contributed by atoms with van der Waals surface area (Å²) in [6.07, 6.45) is 5.06. The standard InChI is InChI=1S/C19H22N2O4/c22-18(14-7-3-1-4-8-14)20-21-19(23)17-12-11-16(25-17)13-24-15-9-5-2-6-10-15/h2,5-6,9-12,14H,1,3-4,7-8,13H2,(H,20,22)(H,21,23). The van der Waals surface area contributed by atoms with Gasteiger partial charge in [-0.05, 0) is 37.1 Å². The predicted octanol–water partition coefficient (Wildman–Crippen LogP) is 3.20. The fourth-order valence-corrected chi connectivity index (χ4v) is 2.90. The van der Waals surface area contributed by atoms with E-state index in [1.807, 2.05) is 30.3 Å². The Labute approximate surface area is 146 Å². The summed E-state index contributed by atoms with van der Waals surface area (Å²) in [5.74, 6) is 0.774. The molecule has 0 radical (unpaired) electrons. The highest BCUT2D eigenvalue weighted by Crippen LogP contribution is 2.23. The molecule has 6 nitrogen and oxygen atoms in total. The number of para-hydroxylation sites is 1. The molecular formula is C19H22N2O4. The minimum absolute atomic E-state index is 0.0134. The Bertz CT molecular complexity index is 705. The van der Waals surface area contributed by atoms with E-state index >= 15 is 0 Å². The number of ether oxygens (including phenoxy) is 1. The largest absolute Gasteiger partial charge is 0.486 e. The first-order valence-corrected chi connectivity index (χ1v) is 8.59. The number of benzene rings is 1. The Balaban J connectivity index is 1.46. The summed E-state index contributed by atoms with van der Waals surface area (Å²) in [5, 5.41) is 0. The van der Waals surface area contributed by atoms with Crippen molar-refractivity contribution in [3.8, 4) is 5.75 Å². The van der Waals surface area contributed by atoms with Gasteiger partial charge in [0, 0.05) is 5.92 Å². The van der Waals surface area contributed by atoms with Crippen molar-refractivity contribution in [1.29, 1.82) is 0 Å². The van der Waals surface area contributed by atoms with Crippen LogP contribution in [0.1, 0.15) is 48.4 Å². The normalized spacial score (nSPS) is 14.7. The van der Waals surface area contributed by atoms with E-state index in [1.54, 1.807) is 12.1 Å². The average Bonchev–Trinajstić information content (AvgIpc) is 3.15. The molecule has 2 N–H and O–H groups in total. The second-order valence-electron chi connectivity index (χ2n) is 6.15. The summed E-state index contributed by atoms with van der Waals surface area (Å²) in [5.41, 5.74) is 4.90. The minimum atomic E-state index is -0.477. The highest BCUT2D eigenvalue weighted by atomic mass is 16.5. The molecule has 1 aliphatic rings. The summed E-state index contributed by atoms with van der Waals surface area (Å²) in [6.45, 7) is 0.228. The third-order valence-electron chi connectivity index (χ3n) is 4.28. The van der Waals surface area contributed by atoms with E-state index in [0.717, 1.165) is 31.4 Å². The van der Waals surface area contributed by atoms with E-state index in [-0.39, 0.29) is 24.2 Å². The zero-order chi connectivity index (χ0) is 17.5. The molecule has 1 aromatic heterocycles. The van der Waals surface area contributed by atoms with Crippen LogP contribution in [-0.2, 0) is 11.4 Å². The lowest BCUT2D eigenvalue weighted by Crippen LogP contribution is -2.44. The molecule has 1 fully saturated rings. The van der Waals surface area contributed by atoms with Crippen LogP contribution in [0, 0.1) is 5.92 Å². The molecule has 6 heteroatoms. The van der Waals surface area contributed by atoms with Crippen molar-refractivity contribution in [1.82, 2.24) is 10.9 Å². The number of hydrogen-bond acceptors (Lipinski definition) is 4. The second-order valence-corrected chi connectivity index (χ2v) is 6.15. The third kappa shape index (κ3) is 4.86.